The van der Waals surface area contributed by atoms with Crippen molar-refractivity contribution < 1.29 is 0 Å². The molecule has 0 fully saturated rings. The highest BCUT2D eigenvalue weighted by atomic mass is 15.3. The molecule has 0 aliphatic rings. The maximum absolute atomic E-state index is 6.04. The number of hydrogen-bond acceptors (Lipinski definition) is 5. The number of fused-ring (bicyclic) bond motifs is 1. The van der Waals surface area contributed by atoms with E-state index < -0.39 is 0 Å². The van der Waals surface area contributed by atoms with Crippen LogP contribution in [0, 0.1) is 13.8 Å². The predicted octanol–water partition coefficient (Wildman–Crippen LogP) is 3.04. The van der Waals surface area contributed by atoms with Gasteiger partial charge >= 0.3 is 0 Å². The number of hydrogen-bond donors (Lipinski definition) is 1. The summed E-state index contributed by atoms with van der Waals surface area (Å²) in [5.41, 5.74) is 11.9. The van der Waals surface area contributed by atoms with E-state index in [1.807, 2.05) is 48.5 Å². The molecule has 3 heterocycles. The van der Waals surface area contributed by atoms with E-state index in [2.05, 4.69) is 34.1 Å². The van der Waals surface area contributed by atoms with E-state index in [0.717, 1.165) is 39.2 Å². The van der Waals surface area contributed by atoms with Crippen LogP contribution in [-0.4, -0.2) is 29.5 Å². The Morgan fingerprint density at radius 3 is 2.46 bits per heavy atom. The summed E-state index contributed by atoms with van der Waals surface area (Å²) in [5, 5.41) is 10.2. The Kier molecular flexibility index (Phi) is 3.72. The molecule has 0 saturated heterocycles. The highest BCUT2D eigenvalue weighted by Gasteiger charge is 2.25. The molecule has 7 heteroatoms. The van der Waals surface area contributed by atoms with Crippen LogP contribution in [0.4, 0.5) is 5.82 Å². The molecule has 132 valence electrons. The molecule has 2 N–H and O–H groups in total. The van der Waals surface area contributed by atoms with Crippen LogP contribution in [0.25, 0.3) is 22.3 Å². The fourth-order valence-electron chi connectivity index (χ4n) is 3.67. The lowest BCUT2D eigenvalue weighted by molar-refractivity contribution is 0.573. The second kappa shape index (κ2) is 5.94. The second-order valence-corrected chi connectivity index (χ2v) is 6.50. The molecule has 1 unspecified atom stereocenters. The molecule has 0 spiro atoms. The smallest absolute Gasteiger partial charge is 0.164 e. The average Bonchev–Trinajstić information content (AvgIpc) is 3.12. The maximum Gasteiger partial charge on any atom is 0.164 e. The number of nitrogens with two attached hydrogens (primary N) is 1. The number of benzene rings is 1. The summed E-state index contributed by atoms with van der Waals surface area (Å²) in [7, 11) is 1.97. The van der Waals surface area contributed by atoms with Gasteiger partial charge in [0.1, 0.15) is 12.1 Å². The van der Waals surface area contributed by atoms with Gasteiger partial charge in [-0.05, 0) is 20.8 Å². The van der Waals surface area contributed by atoms with Crippen molar-refractivity contribution in [3.05, 3.63) is 53.6 Å². The van der Waals surface area contributed by atoms with Crippen LogP contribution in [0.2, 0.25) is 0 Å². The Morgan fingerprint density at radius 1 is 1.00 bits per heavy atom. The zero-order valence-corrected chi connectivity index (χ0v) is 15.3. The summed E-state index contributed by atoms with van der Waals surface area (Å²) in [4.78, 5) is 8.53. The summed E-state index contributed by atoms with van der Waals surface area (Å²) >= 11 is 0. The quantitative estimate of drug-likeness (QED) is 0.615. The minimum Gasteiger partial charge on any atom is -0.383 e. The van der Waals surface area contributed by atoms with Gasteiger partial charge < -0.3 is 5.73 Å². The van der Waals surface area contributed by atoms with Crippen LogP contribution in [0.5, 0.6) is 0 Å². The summed E-state index contributed by atoms with van der Waals surface area (Å²) in [6.45, 7) is 6.07. The van der Waals surface area contributed by atoms with E-state index in [9.17, 15) is 0 Å². The summed E-state index contributed by atoms with van der Waals surface area (Å²) in [5.74, 6) is 0.456. The number of nitrogens with zero attached hydrogens (tertiary/aromatic N) is 6. The van der Waals surface area contributed by atoms with Crippen LogP contribution in [0.3, 0.4) is 0 Å². The lowest BCUT2D eigenvalue weighted by atomic mass is 10.0. The predicted molar refractivity (Wildman–Crippen MR) is 102 cm³/mol. The number of nitrogen functional groups attached to an aromatic ring is 1. The topological polar surface area (TPSA) is 87.4 Å². The van der Waals surface area contributed by atoms with Gasteiger partial charge in [-0.1, -0.05) is 30.3 Å². The van der Waals surface area contributed by atoms with E-state index in [1.54, 1.807) is 0 Å². The van der Waals surface area contributed by atoms with E-state index in [4.69, 9.17) is 10.8 Å². The Labute approximate surface area is 151 Å². The molecule has 1 aromatic carbocycles. The summed E-state index contributed by atoms with van der Waals surface area (Å²) in [6.07, 6.45) is 1.48. The molecule has 0 aliphatic heterocycles. The van der Waals surface area contributed by atoms with Gasteiger partial charge in [0.05, 0.1) is 28.5 Å². The van der Waals surface area contributed by atoms with Crippen molar-refractivity contribution >= 4 is 16.9 Å². The molecular formula is C19H21N7. The Hall–Kier alpha value is -3.22. The molecule has 4 rings (SSSR count). The minimum atomic E-state index is -0.0515. The largest absolute Gasteiger partial charge is 0.383 e. The molecule has 0 aliphatic carbocycles. The number of rotatable bonds is 3. The molecule has 4 aromatic rings. The fourth-order valence-corrected chi connectivity index (χ4v) is 3.67. The first-order chi connectivity index (χ1) is 12.5. The maximum atomic E-state index is 6.04. The zero-order chi connectivity index (χ0) is 18.4. The third kappa shape index (κ3) is 2.35. The van der Waals surface area contributed by atoms with Gasteiger partial charge in [-0.2, -0.15) is 10.2 Å². The average molecular weight is 347 g/mol. The number of aromatic nitrogens is 6. The molecule has 1 atom stereocenters. The van der Waals surface area contributed by atoms with E-state index in [-0.39, 0.29) is 6.04 Å². The molecular weight excluding hydrogens is 326 g/mol. The highest BCUT2D eigenvalue weighted by Crippen LogP contribution is 2.34. The van der Waals surface area contributed by atoms with Gasteiger partial charge in [0.15, 0.2) is 5.65 Å². The normalized spacial score (nSPS) is 12.6. The highest BCUT2D eigenvalue weighted by molar-refractivity contribution is 5.88. The van der Waals surface area contributed by atoms with Crippen molar-refractivity contribution in [2.45, 2.75) is 26.8 Å². The van der Waals surface area contributed by atoms with Crippen LogP contribution in [-0.2, 0) is 7.05 Å². The number of anilines is 1. The van der Waals surface area contributed by atoms with Gasteiger partial charge in [0.2, 0.25) is 0 Å². The fraction of sp³-hybridized carbons (Fsp3) is 0.263. The Bertz CT molecular complexity index is 1090. The first-order valence-corrected chi connectivity index (χ1v) is 8.53. The molecule has 0 bridgehead atoms. The van der Waals surface area contributed by atoms with E-state index >= 15 is 0 Å². The summed E-state index contributed by atoms with van der Waals surface area (Å²) < 4.78 is 3.84. The standard InChI is InChI=1S/C19H21N7/c1-11-15(17(25(4)23-11)14-8-6-5-7-9-14)13(3)26-19-16(12(2)24-26)18(20)21-10-22-19/h5-10,13H,1-4H3,(H2,20,21,22). The van der Waals surface area contributed by atoms with Gasteiger partial charge in [-0.15, -0.1) is 0 Å². The van der Waals surface area contributed by atoms with Gasteiger partial charge in [-0.25, -0.2) is 14.6 Å². The van der Waals surface area contributed by atoms with Crippen molar-refractivity contribution in [3.63, 3.8) is 0 Å². The lowest BCUT2D eigenvalue weighted by Gasteiger charge is -2.16. The van der Waals surface area contributed by atoms with Gasteiger partial charge in [0.25, 0.3) is 0 Å². The van der Waals surface area contributed by atoms with Crippen molar-refractivity contribution in [1.29, 1.82) is 0 Å². The van der Waals surface area contributed by atoms with E-state index in [0.29, 0.717) is 5.82 Å². The first-order valence-electron chi connectivity index (χ1n) is 8.53. The van der Waals surface area contributed by atoms with Gasteiger partial charge in [-0.3, -0.25) is 4.68 Å². The third-order valence-electron chi connectivity index (χ3n) is 4.79. The monoisotopic (exact) mass is 347 g/mol. The first kappa shape index (κ1) is 16.3. The number of aryl methyl sites for hydroxylation is 3. The Morgan fingerprint density at radius 2 is 1.73 bits per heavy atom. The molecule has 3 aromatic heterocycles. The SMILES string of the molecule is Cc1nn(C)c(-c2ccccc2)c1C(C)n1nc(C)c2c(N)ncnc21. The summed E-state index contributed by atoms with van der Waals surface area (Å²) in [6, 6.07) is 10.2. The van der Waals surface area contributed by atoms with Gasteiger partial charge in [0, 0.05) is 18.2 Å². The van der Waals surface area contributed by atoms with Crippen LogP contribution < -0.4 is 5.73 Å². The van der Waals surface area contributed by atoms with Crippen molar-refractivity contribution in [2.24, 2.45) is 7.05 Å². The van der Waals surface area contributed by atoms with E-state index in [1.165, 1.54) is 6.33 Å². The van der Waals surface area contributed by atoms with Crippen LogP contribution in [0.1, 0.15) is 29.9 Å². The van der Waals surface area contributed by atoms with Crippen LogP contribution >= 0.6 is 0 Å². The Balaban J connectivity index is 1.94. The third-order valence-corrected chi connectivity index (χ3v) is 4.79. The van der Waals surface area contributed by atoms with Crippen molar-refractivity contribution in [2.75, 3.05) is 5.73 Å². The second-order valence-electron chi connectivity index (χ2n) is 6.50. The van der Waals surface area contributed by atoms with Crippen molar-refractivity contribution in [3.8, 4) is 11.3 Å². The zero-order valence-electron chi connectivity index (χ0n) is 15.3. The molecule has 7 nitrogen and oxygen atoms in total. The van der Waals surface area contributed by atoms with Crippen molar-refractivity contribution in [1.82, 2.24) is 29.5 Å². The molecule has 26 heavy (non-hydrogen) atoms. The molecule has 0 radical (unpaired) electrons. The minimum absolute atomic E-state index is 0.0515. The molecule has 0 saturated carbocycles. The van der Waals surface area contributed by atoms with Crippen LogP contribution in [0.15, 0.2) is 36.7 Å². The molecule has 0 amide bonds. The lowest BCUT2D eigenvalue weighted by Crippen LogP contribution is -2.11.